The van der Waals surface area contributed by atoms with Gasteiger partial charge in [0.25, 0.3) is 10.0 Å². The van der Waals surface area contributed by atoms with E-state index in [1.54, 1.807) is 25.1 Å². The van der Waals surface area contributed by atoms with Crippen LogP contribution in [0.2, 0.25) is 0 Å². The molecule has 0 radical (unpaired) electrons. The summed E-state index contributed by atoms with van der Waals surface area (Å²) >= 11 is 0. The molecular formula is C26H22F3NO6S. The zero-order valence-electron chi connectivity index (χ0n) is 19.5. The van der Waals surface area contributed by atoms with Crippen molar-refractivity contribution in [2.75, 3.05) is 6.61 Å². The highest BCUT2D eigenvalue weighted by molar-refractivity contribution is 7.90. The number of nitrogens with zero attached hydrogens (tertiary/aromatic N) is 1. The number of aliphatic carboxylic acids is 1. The van der Waals surface area contributed by atoms with Gasteiger partial charge in [0.15, 0.2) is 0 Å². The van der Waals surface area contributed by atoms with E-state index >= 15 is 0 Å². The molecule has 37 heavy (non-hydrogen) atoms. The molecule has 0 spiro atoms. The van der Waals surface area contributed by atoms with Gasteiger partial charge >= 0.3 is 12.1 Å². The maximum atomic E-state index is 13.5. The summed E-state index contributed by atoms with van der Waals surface area (Å²) < 4.78 is 77.5. The Hall–Kier alpha value is -3.99. The summed E-state index contributed by atoms with van der Waals surface area (Å²) in [5.74, 6) is -0.142. The van der Waals surface area contributed by atoms with Gasteiger partial charge < -0.3 is 14.6 Å². The molecule has 194 valence electrons. The Morgan fingerprint density at radius 2 is 1.54 bits per heavy atom. The molecule has 0 amide bonds. The summed E-state index contributed by atoms with van der Waals surface area (Å²) in [6.45, 7) is 2.18. The van der Waals surface area contributed by atoms with Gasteiger partial charge in [-0.3, -0.25) is 4.79 Å². The lowest BCUT2D eigenvalue weighted by atomic mass is 10.1. The maximum Gasteiger partial charge on any atom is 0.416 e. The second-order valence-corrected chi connectivity index (χ2v) is 9.87. The monoisotopic (exact) mass is 533 g/mol. The first-order valence-electron chi connectivity index (χ1n) is 11.2. The summed E-state index contributed by atoms with van der Waals surface area (Å²) in [5, 5.41) is 9.67. The zero-order chi connectivity index (χ0) is 26.8. The average molecular weight is 534 g/mol. The molecule has 7 nitrogen and oxygen atoms in total. The van der Waals surface area contributed by atoms with E-state index in [1.165, 1.54) is 42.6 Å². The van der Waals surface area contributed by atoms with E-state index in [-0.39, 0.29) is 29.2 Å². The van der Waals surface area contributed by atoms with Gasteiger partial charge in [0.05, 0.1) is 22.6 Å². The third-order valence-electron chi connectivity index (χ3n) is 5.54. The lowest BCUT2D eigenvalue weighted by Crippen LogP contribution is -2.12. The molecule has 0 aliphatic rings. The zero-order valence-corrected chi connectivity index (χ0v) is 20.3. The van der Waals surface area contributed by atoms with Crippen LogP contribution in [-0.4, -0.2) is 30.1 Å². The second kappa shape index (κ2) is 10.2. The third kappa shape index (κ3) is 5.72. The Morgan fingerprint density at radius 1 is 0.946 bits per heavy atom. The molecule has 0 saturated carbocycles. The molecule has 0 aliphatic carbocycles. The van der Waals surface area contributed by atoms with E-state index < -0.39 is 27.7 Å². The highest BCUT2D eigenvalue weighted by Gasteiger charge is 2.30. The van der Waals surface area contributed by atoms with Crippen LogP contribution in [0.25, 0.3) is 10.9 Å². The average Bonchev–Trinajstić information content (AvgIpc) is 3.22. The van der Waals surface area contributed by atoms with Gasteiger partial charge in [-0.1, -0.05) is 0 Å². The van der Waals surface area contributed by atoms with Gasteiger partial charge in [-0.05, 0) is 79.6 Å². The molecule has 1 aromatic heterocycles. The van der Waals surface area contributed by atoms with Crippen LogP contribution in [0.3, 0.4) is 0 Å². The molecule has 0 fully saturated rings. The van der Waals surface area contributed by atoms with Crippen LogP contribution < -0.4 is 9.47 Å². The van der Waals surface area contributed by atoms with Crippen LogP contribution >= 0.6 is 0 Å². The molecule has 11 heteroatoms. The number of hydrogen-bond acceptors (Lipinski definition) is 5. The SMILES string of the molecule is CCOc1ccc2c(CCC(=O)O)cn(S(=O)(=O)c3ccc(Oc4ccc(C(F)(F)F)cc4)cc3)c2c1. The topological polar surface area (TPSA) is 94.8 Å². The summed E-state index contributed by atoms with van der Waals surface area (Å²) in [4.78, 5) is 11.0. The number of aromatic nitrogens is 1. The Labute approximate surface area is 210 Å². The van der Waals surface area contributed by atoms with Crippen molar-refractivity contribution in [2.45, 2.75) is 30.8 Å². The quantitative estimate of drug-likeness (QED) is 0.279. The van der Waals surface area contributed by atoms with Gasteiger partial charge in [-0.25, -0.2) is 12.4 Å². The summed E-state index contributed by atoms with van der Waals surface area (Å²) in [5.41, 5.74) is 0.0955. The summed E-state index contributed by atoms with van der Waals surface area (Å²) in [6.07, 6.45) is -3.08. The van der Waals surface area contributed by atoms with Crippen molar-refractivity contribution >= 4 is 26.9 Å². The molecule has 0 aliphatic heterocycles. The number of aryl methyl sites for hydroxylation is 1. The first kappa shape index (κ1) is 26.1. The number of fused-ring (bicyclic) bond motifs is 1. The molecule has 4 rings (SSSR count). The fourth-order valence-corrected chi connectivity index (χ4v) is 5.17. The minimum atomic E-state index is -4.46. The maximum absolute atomic E-state index is 13.5. The van der Waals surface area contributed by atoms with E-state index in [2.05, 4.69) is 0 Å². The minimum Gasteiger partial charge on any atom is -0.494 e. The van der Waals surface area contributed by atoms with Gasteiger partial charge in [0.1, 0.15) is 17.2 Å². The smallest absolute Gasteiger partial charge is 0.416 e. The fourth-order valence-electron chi connectivity index (χ4n) is 3.78. The Bertz CT molecular complexity index is 1530. The molecule has 0 bridgehead atoms. The lowest BCUT2D eigenvalue weighted by molar-refractivity contribution is -0.138. The number of carboxylic acid groups (broad SMARTS) is 1. The van der Waals surface area contributed by atoms with E-state index in [4.69, 9.17) is 14.6 Å². The highest BCUT2D eigenvalue weighted by atomic mass is 32.2. The minimum absolute atomic E-state index is 0.0595. The molecule has 3 aromatic carbocycles. The Balaban J connectivity index is 1.65. The largest absolute Gasteiger partial charge is 0.494 e. The number of benzene rings is 3. The first-order chi connectivity index (χ1) is 17.5. The lowest BCUT2D eigenvalue weighted by Gasteiger charge is -2.11. The van der Waals surface area contributed by atoms with Crippen LogP contribution in [0.1, 0.15) is 24.5 Å². The number of hydrogen-bond donors (Lipinski definition) is 1. The molecule has 1 N–H and O–H groups in total. The normalized spacial score (nSPS) is 12.0. The van der Waals surface area contributed by atoms with Crippen LogP contribution in [0.15, 0.2) is 77.8 Å². The van der Waals surface area contributed by atoms with Gasteiger partial charge in [0.2, 0.25) is 0 Å². The fraction of sp³-hybridized carbons (Fsp3) is 0.192. The molecule has 1 heterocycles. The molecular weight excluding hydrogens is 511 g/mol. The standard InChI is InChI=1S/C26H22F3NO6S/c1-2-35-21-10-13-23-17(3-14-25(31)32)16-30(24(23)15-21)37(33,34)22-11-8-20(9-12-22)36-19-6-4-18(5-7-19)26(27,28)29/h4-13,15-16H,2-3,14H2,1H3,(H,31,32). The van der Waals surface area contributed by atoms with Crippen molar-refractivity contribution in [1.29, 1.82) is 0 Å². The van der Waals surface area contributed by atoms with Crippen LogP contribution in [0.4, 0.5) is 13.2 Å². The van der Waals surface area contributed by atoms with Gasteiger partial charge in [0, 0.05) is 24.1 Å². The van der Waals surface area contributed by atoms with Gasteiger partial charge in [-0.2, -0.15) is 13.2 Å². The number of carboxylic acids is 1. The van der Waals surface area contributed by atoms with Crippen molar-refractivity contribution in [3.63, 3.8) is 0 Å². The number of rotatable bonds is 9. The summed E-state index contributed by atoms with van der Waals surface area (Å²) in [7, 11) is -4.09. The highest BCUT2D eigenvalue weighted by Crippen LogP contribution is 2.33. The van der Waals surface area contributed by atoms with Crippen LogP contribution in [0, 0.1) is 0 Å². The van der Waals surface area contributed by atoms with Crippen molar-refractivity contribution < 1.29 is 41.0 Å². The number of halogens is 3. The predicted octanol–water partition coefficient (Wildman–Crippen LogP) is 6.11. The summed E-state index contributed by atoms with van der Waals surface area (Å²) in [6, 6.07) is 14.6. The van der Waals surface area contributed by atoms with Crippen molar-refractivity contribution in [2.24, 2.45) is 0 Å². The van der Waals surface area contributed by atoms with E-state index in [0.717, 1.165) is 16.1 Å². The molecule has 0 unspecified atom stereocenters. The Morgan fingerprint density at radius 3 is 2.11 bits per heavy atom. The Kier molecular flexibility index (Phi) is 7.17. The molecule has 0 atom stereocenters. The number of alkyl halides is 3. The number of carbonyl (C=O) groups is 1. The second-order valence-electron chi connectivity index (χ2n) is 8.06. The van der Waals surface area contributed by atoms with Gasteiger partial charge in [-0.15, -0.1) is 0 Å². The van der Waals surface area contributed by atoms with Crippen molar-refractivity contribution in [3.05, 3.63) is 84.1 Å². The van der Waals surface area contributed by atoms with E-state index in [0.29, 0.717) is 28.8 Å². The van der Waals surface area contributed by atoms with Crippen LogP contribution in [-0.2, 0) is 27.4 Å². The number of ether oxygens (including phenoxy) is 2. The predicted molar refractivity (Wildman–Crippen MR) is 130 cm³/mol. The third-order valence-corrected chi connectivity index (χ3v) is 7.23. The van der Waals surface area contributed by atoms with Crippen LogP contribution in [0.5, 0.6) is 17.2 Å². The van der Waals surface area contributed by atoms with Crippen molar-refractivity contribution in [3.8, 4) is 17.2 Å². The van der Waals surface area contributed by atoms with E-state index in [9.17, 15) is 26.4 Å². The molecule has 4 aromatic rings. The first-order valence-corrected chi connectivity index (χ1v) is 12.6. The van der Waals surface area contributed by atoms with Crippen molar-refractivity contribution in [1.82, 2.24) is 3.97 Å². The molecule has 0 saturated heterocycles. The van der Waals surface area contributed by atoms with E-state index in [1.807, 2.05) is 0 Å².